The van der Waals surface area contributed by atoms with Gasteiger partial charge >= 0.3 is 12.4 Å². The van der Waals surface area contributed by atoms with Crippen molar-refractivity contribution < 1.29 is 44.4 Å². The Morgan fingerprint density at radius 1 is 0.971 bits per heavy atom. The van der Waals surface area contributed by atoms with Gasteiger partial charge in [0.05, 0.1) is 30.0 Å². The summed E-state index contributed by atoms with van der Waals surface area (Å²) < 4.78 is 104. The van der Waals surface area contributed by atoms with Gasteiger partial charge < -0.3 is 5.11 Å². The van der Waals surface area contributed by atoms with Gasteiger partial charge in [-0.05, 0) is 55.5 Å². The molecule has 0 atom stereocenters. The van der Waals surface area contributed by atoms with E-state index in [0.29, 0.717) is 24.6 Å². The highest BCUT2D eigenvalue weighted by Crippen LogP contribution is 2.36. The van der Waals surface area contributed by atoms with Gasteiger partial charge in [-0.1, -0.05) is 32.6 Å². The van der Waals surface area contributed by atoms with Crippen LogP contribution in [0.15, 0.2) is 18.2 Å². The third kappa shape index (κ3) is 11.1. The van der Waals surface area contributed by atoms with Gasteiger partial charge in [-0.3, -0.25) is 9.45 Å². The molecule has 0 unspecified atom stereocenters. The van der Waals surface area contributed by atoms with E-state index < -0.39 is 46.0 Å². The van der Waals surface area contributed by atoms with E-state index in [4.69, 9.17) is 9.66 Å². The summed E-state index contributed by atoms with van der Waals surface area (Å²) in [5, 5.41) is 7.86. The number of aliphatic hydroxyl groups is 1. The largest absolute Gasteiger partial charge is 0.416 e. The predicted octanol–water partition coefficient (Wildman–Crippen LogP) is 4.70. The van der Waals surface area contributed by atoms with Crippen LogP contribution < -0.4 is 0 Å². The molecule has 12 heteroatoms. The Kier molecular flexibility index (Phi) is 10.4. The van der Waals surface area contributed by atoms with Crippen LogP contribution in [0.5, 0.6) is 0 Å². The van der Waals surface area contributed by atoms with Crippen LogP contribution in [0.2, 0.25) is 0 Å². The van der Waals surface area contributed by atoms with Crippen molar-refractivity contribution in [2.45, 2.75) is 46.0 Å². The molecule has 0 aromatic heterocycles. The summed E-state index contributed by atoms with van der Waals surface area (Å²) in [6, 6.07) is 1.44. The molecule has 0 aliphatic carbocycles. The molecule has 1 aliphatic heterocycles. The van der Waals surface area contributed by atoms with Crippen molar-refractivity contribution in [1.82, 2.24) is 4.90 Å². The highest BCUT2D eigenvalue weighted by molar-refractivity contribution is 7.85. The average molecular weight is 518 g/mol. The van der Waals surface area contributed by atoms with Crippen LogP contribution >= 0.6 is 0 Å². The molecule has 1 aromatic carbocycles. The van der Waals surface area contributed by atoms with Crippen molar-refractivity contribution in [3.05, 3.63) is 34.9 Å². The lowest BCUT2D eigenvalue weighted by molar-refractivity contribution is -0.143. The zero-order valence-electron chi connectivity index (χ0n) is 19.1. The van der Waals surface area contributed by atoms with Crippen LogP contribution in [0.25, 0.3) is 0 Å². The lowest BCUT2D eigenvalue weighted by atomic mass is 9.75. The highest BCUT2D eigenvalue weighted by Gasteiger charge is 2.36. The molecule has 1 aliphatic rings. The second-order valence-corrected chi connectivity index (χ2v) is 10.6. The van der Waals surface area contributed by atoms with Crippen LogP contribution in [0.3, 0.4) is 0 Å². The van der Waals surface area contributed by atoms with Gasteiger partial charge in [0.25, 0.3) is 10.1 Å². The van der Waals surface area contributed by atoms with E-state index in [2.05, 4.69) is 37.5 Å². The van der Waals surface area contributed by atoms with Gasteiger partial charge in [0, 0.05) is 5.56 Å². The number of halogens is 6. The Bertz CT molecular complexity index is 932. The first kappa shape index (κ1) is 30.2. The number of nitrogens with zero attached hydrogens (tertiary/aromatic N) is 1. The zero-order valence-corrected chi connectivity index (χ0v) is 19.9. The Hall–Kier alpha value is -1.81. The van der Waals surface area contributed by atoms with E-state index in [9.17, 15) is 34.8 Å². The smallest absolute Gasteiger partial charge is 0.395 e. The Morgan fingerprint density at radius 3 is 1.76 bits per heavy atom. The molecule has 2 N–H and O–H groups in total. The number of aliphatic hydroxyl groups excluding tert-OH is 1. The molecule has 194 valence electrons. The quantitative estimate of drug-likeness (QED) is 0.345. The molecule has 2 rings (SSSR count). The topological polar surface area (TPSA) is 77.8 Å². The standard InChI is InChI=1S/C20H23F6N.C2H6O4S/c1-18(2,3)15-6-9-27(10-7-15)8-4-5-14-11-16(19(21,22)23)13-17(12-14)20(24,25)26;3-1-2-7(4,5)6/h11-13,15H,6-10H2,1-3H3;3H,1-2H2,(H,4,5,6). The van der Waals surface area contributed by atoms with Gasteiger partial charge in [0.2, 0.25) is 0 Å². The lowest BCUT2D eigenvalue weighted by Crippen LogP contribution is -2.38. The second-order valence-electron chi connectivity index (χ2n) is 9.02. The number of alkyl halides is 6. The minimum Gasteiger partial charge on any atom is -0.395 e. The van der Waals surface area contributed by atoms with E-state index in [-0.39, 0.29) is 17.0 Å². The first-order valence-electron chi connectivity index (χ1n) is 10.4. The molecule has 0 spiro atoms. The van der Waals surface area contributed by atoms with Gasteiger partial charge in [-0.25, -0.2) is 0 Å². The molecule has 0 amide bonds. The number of hydrogen-bond acceptors (Lipinski definition) is 4. The summed E-state index contributed by atoms with van der Waals surface area (Å²) in [5.41, 5.74) is -2.73. The van der Waals surface area contributed by atoms with Crippen LogP contribution in [-0.4, -0.2) is 55.0 Å². The molecule has 1 aromatic rings. The lowest BCUT2D eigenvalue weighted by Gasteiger charge is -2.38. The SMILES string of the molecule is CC(C)(C)C1CCN(CC#Cc2cc(C(F)(F)F)cc(C(F)(F)F)c2)CC1.O=S(=O)(O)CCO. The normalized spacial score (nSPS) is 16.3. The van der Waals surface area contributed by atoms with Crippen LogP contribution in [0, 0.1) is 23.2 Å². The second kappa shape index (κ2) is 11.7. The summed E-state index contributed by atoms with van der Waals surface area (Å²) in [6.07, 6.45) is -7.70. The van der Waals surface area contributed by atoms with Crippen molar-refractivity contribution in [2.75, 3.05) is 32.0 Å². The van der Waals surface area contributed by atoms with Gasteiger partial charge in [-0.15, -0.1) is 0 Å². The van der Waals surface area contributed by atoms with E-state index in [0.717, 1.165) is 25.9 Å². The number of piperidine rings is 1. The fourth-order valence-electron chi connectivity index (χ4n) is 3.35. The van der Waals surface area contributed by atoms with Crippen molar-refractivity contribution in [2.24, 2.45) is 11.3 Å². The number of rotatable bonds is 3. The molecule has 5 nitrogen and oxygen atoms in total. The molecule has 0 bridgehead atoms. The molecule has 34 heavy (non-hydrogen) atoms. The number of likely N-dealkylation sites (tertiary alicyclic amines) is 1. The Balaban J connectivity index is 0.000000718. The first-order chi connectivity index (χ1) is 15.3. The Morgan fingerprint density at radius 2 is 1.44 bits per heavy atom. The van der Waals surface area contributed by atoms with Crippen molar-refractivity contribution in [1.29, 1.82) is 0 Å². The summed E-state index contributed by atoms with van der Waals surface area (Å²) in [5.74, 6) is 5.21. The van der Waals surface area contributed by atoms with Crippen molar-refractivity contribution >= 4 is 10.1 Å². The maximum atomic E-state index is 12.9. The molecule has 0 saturated carbocycles. The van der Waals surface area contributed by atoms with E-state index in [1.165, 1.54) is 0 Å². The summed E-state index contributed by atoms with van der Waals surface area (Å²) in [6.45, 7) is 8.03. The fraction of sp³-hybridized carbons (Fsp3) is 0.636. The predicted molar refractivity (Wildman–Crippen MR) is 115 cm³/mol. The molecule has 0 radical (unpaired) electrons. The molecule has 1 heterocycles. The van der Waals surface area contributed by atoms with Gasteiger partial charge in [0.15, 0.2) is 0 Å². The van der Waals surface area contributed by atoms with Crippen LogP contribution in [-0.2, 0) is 22.5 Å². The molecular weight excluding hydrogens is 488 g/mol. The maximum Gasteiger partial charge on any atom is 0.416 e. The number of benzene rings is 1. The third-order valence-corrected chi connectivity index (χ3v) is 5.98. The average Bonchev–Trinajstić information content (AvgIpc) is 2.66. The third-order valence-electron chi connectivity index (χ3n) is 5.28. The van der Waals surface area contributed by atoms with E-state index in [1.807, 2.05) is 0 Å². The maximum absolute atomic E-state index is 12.9. The molecule has 1 saturated heterocycles. The van der Waals surface area contributed by atoms with E-state index in [1.54, 1.807) is 0 Å². The van der Waals surface area contributed by atoms with Gasteiger partial charge in [-0.2, -0.15) is 34.8 Å². The first-order valence-corrected chi connectivity index (χ1v) is 12.0. The monoisotopic (exact) mass is 517 g/mol. The van der Waals surface area contributed by atoms with Crippen molar-refractivity contribution in [3.63, 3.8) is 0 Å². The molecule has 1 fully saturated rings. The fourth-order valence-corrected chi connectivity index (χ4v) is 3.58. The molecular formula is C22H29F6NO4S. The van der Waals surface area contributed by atoms with Crippen LogP contribution in [0.1, 0.15) is 50.3 Å². The minimum absolute atomic E-state index is 0.114. The zero-order chi connectivity index (χ0) is 26.4. The van der Waals surface area contributed by atoms with Gasteiger partial charge in [0.1, 0.15) is 0 Å². The summed E-state index contributed by atoms with van der Waals surface area (Å²) >= 11 is 0. The van der Waals surface area contributed by atoms with Crippen molar-refractivity contribution in [3.8, 4) is 11.8 Å². The van der Waals surface area contributed by atoms with Crippen LogP contribution in [0.4, 0.5) is 26.3 Å². The van der Waals surface area contributed by atoms with E-state index >= 15 is 0 Å². The summed E-state index contributed by atoms with van der Waals surface area (Å²) in [4.78, 5) is 2.08. The number of hydrogen-bond donors (Lipinski definition) is 2. The minimum atomic E-state index is -4.85. The summed E-state index contributed by atoms with van der Waals surface area (Å²) in [7, 11) is -3.92. The highest BCUT2D eigenvalue weighted by atomic mass is 32.2. The Labute approximate surface area is 195 Å².